The summed E-state index contributed by atoms with van der Waals surface area (Å²) in [5, 5.41) is 4.90. The fraction of sp³-hybridized carbons (Fsp3) is 0.292. The Kier molecular flexibility index (Phi) is 5.87. The number of benzene rings is 2. The van der Waals surface area contributed by atoms with E-state index < -0.39 is 27.2 Å². The van der Waals surface area contributed by atoms with Crippen LogP contribution in [-0.4, -0.2) is 52.7 Å². The van der Waals surface area contributed by atoms with Crippen LogP contribution >= 0.6 is 11.6 Å². The summed E-state index contributed by atoms with van der Waals surface area (Å²) in [5.74, 6) is -0.473. The van der Waals surface area contributed by atoms with Crippen molar-refractivity contribution < 1.29 is 17.2 Å². The van der Waals surface area contributed by atoms with Crippen LogP contribution in [0.15, 0.2) is 53.7 Å². The average molecular weight is 533 g/mol. The molecule has 8 nitrogen and oxygen atoms in total. The molecule has 0 bridgehead atoms. The topological polar surface area (TPSA) is 84.2 Å². The third kappa shape index (κ3) is 4.16. The van der Waals surface area contributed by atoms with Crippen molar-refractivity contribution in [3.63, 3.8) is 0 Å². The second kappa shape index (κ2) is 8.67. The van der Waals surface area contributed by atoms with E-state index in [-0.39, 0.29) is 15.4 Å². The van der Waals surface area contributed by atoms with Crippen molar-refractivity contribution in [3.8, 4) is 0 Å². The van der Waals surface area contributed by atoms with Gasteiger partial charge in [0.25, 0.3) is 10.0 Å². The molecule has 2 aromatic heterocycles. The summed E-state index contributed by atoms with van der Waals surface area (Å²) in [6.07, 6.45) is 2.22. The molecule has 1 saturated heterocycles. The van der Waals surface area contributed by atoms with Crippen LogP contribution in [0, 0.1) is 18.6 Å². The summed E-state index contributed by atoms with van der Waals surface area (Å²) in [7, 11) is -4.14. The summed E-state index contributed by atoms with van der Waals surface area (Å²) < 4.78 is 55.7. The highest BCUT2D eigenvalue weighted by atomic mass is 35.5. The van der Waals surface area contributed by atoms with Gasteiger partial charge in [0.1, 0.15) is 5.82 Å². The number of nitrogens with zero attached hydrogens (tertiary/aromatic N) is 6. The molecule has 0 saturated carbocycles. The maximum atomic E-state index is 14.4. The Morgan fingerprint density at radius 3 is 2.31 bits per heavy atom. The first-order valence-corrected chi connectivity index (χ1v) is 13.0. The number of piperazine rings is 1. The van der Waals surface area contributed by atoms with Crippen molar-refractivity contribution in [2.75, 3.05) is 29.4 Å². The van der Waals surface area contributed by atoms with Crippen LogP contribution in [0.5, 0.6) is 0 Å². The molecule has 0 spiro atoms. The molecule has 0 aliphatic carbocycles. The summed E-state index contributed by atoms with van der Waals surface area (Å²) in [6.45, 7) is 7.09. The standard InChI is InChI=1S/C24H23ClF2N6O2S/c1-15-4-6-18(7-5-15)36(34,35)33-20-11-16(26)10-19(25)21(20)22(30-33)32-9-8-31(14-24(32,2)3)23-28-12-17(27)13-29-23/h4-7,10-13H,8-9,14H2,1-3H3. The summed E-state index contributed by atoms with van der Waals surface area (Å²) in [6, 6.07) is 8.63. The van der Waals surface area contributed by atoms with Crippen LogP contribution < -0.4 is 9.80 Å². The Hall–Kier alpha value is -3.31. The van der Waals surface area contributed by atoms with E-state index in [2.05, 4.69) is 15.1 Å². The fourth-order valence-electron chi connectivity index (χ4n) is 4.49. The van der Waals surface area contributed by atoms with E-state index in [1.807, 2.05) is 30.6 Å². The maximum Gasteiger partial charge on any atom is 0.283 e. The Morgan fingerprint density at radius 2 is 1.67 bits per heavy atom. The van der Waals surface area contributed by atoms with Gasteiger partial charge in [-0.05, 0) is 39.0 Å². The van der Waals surface area contributed by atoms with Crippen molar-refractivity contribution in [3.05, 3.63) is 71.0 Å². The minimum Gasteiger partial charge on any atom is -0.346 e. The number of aryl methyl sites for hydroxylation is 1. The SMILES string of the molecule is Cc1ccc(S(=O)(=O)n2nc(N3CCN(c4ncc(F)cn4)CC3(C)C)c3c(Cl)cc(F)cc32)cc1. The van der Waals surface area contributed by atoms with Gasteiger partial charge in [-0.25, -0.2) is 18.7 Å². The number of hydrogen-bond donors (Lipinski definition) is 0. The zero-order valence-corrected chi connectivity index (χ0v) is 21.4. The van der Waals surface area contributed by atoms with E-state index >= 15 is 0 Å². The highest BCUT2D eigenvalue weighted by molar-refractivity contribution is 7.90. The van der Waals surface area contributed by atoms with E-state index in [9.17, 15) is 17.2 Å². The number of rotatable bonds is 4. The van der Waals surface area contributed by atoms with E-state index in [1.54, 1.807) is 12.1 Å². The van der Waals surface area contributed by atoms with E-state index in [0.717, 1.165) is 34.2 Å². The van der Waals surface area contributed by atoms with Crippen LogP contribution in [-0.2, 0) is 10.0 Å². The molecule has 36 heavy (non-hydrogen) atoms. The molecule has 12 heteroatoms. The van der Waals surface area contributed by atoms with Gasteiger partial charge in [-0.3, -0.25) is 0 Å². The minimum absolute atomic E-state index is 0.0296. The zero-order valence-electron chi connectivity index (χ0n) is 19.8. The smallest absolute Gasteiger partial charge is 0.283 e. The number of fused-ring (bicyclic) bond motifs is 1. The first kappa shape index (κ1) is 24.4. The highest BCUT2D eigenvalue weighted by Crippen LogP contribution is 2.39. The first-order valence-electron chi connectivity index (χ1n) is 11.2. The van der Waals surface area contributed by atoms with Gasteiger partial charge in [0, 0.05) is 25.7 Å². The quantitative estimate of drug-likeness (QED) is 0.385. The van der Waals surface area contributed by atoms with Gasteiger partial charge < -0.3 is 9.80 Å². The summed E-state index contributed by atoms with van der Waals surface area (Å²) in [5.41, 5.74) is 0.363. The third-order valence-corrected chi connectivity index (χ3v) is 8.14. The zero-order chi connectivity index (χ0) is 25.8. The Balaban J connectivity index is 1.61. The highest BCUT2D eigenvalue weighted by Gasteiger charge is 2.38. The van der Waals surface area contributed by atoms with Gasteiger partial charge in [0.2, 0.25) is 5.95 Å². The monoisotopic (exact) mass is 532 g/mol. The summed E-state index contributed by atoms with van der Waals surface area (Å²) >= 11 is 6.47. The molecular weight excluding hydrogens is 510 g/mol. The third-order valence-electron chi connectivity index (χ3n) is 6.24. The van der Waals surface area contributed by atoms with Crippen molar-refractivity contribution in [1.29, 1.82) is 0 Å². The predicted octanol–water partition coefficient (Wildman–Crippen LogP) is 4.41. The van der Waals surface area contributed by atoms with Gasteiger partial charge in [0.15, 0.2) is 11.6 Å². The number of hydrogen-bond acceptors (Lipinski definition) is 7. The molecule has 188 valence electrons. The molecule has 4 aromatic rings. The normalized spacial score (nSPS) is 16.1. The van der Waals surface area contributed by atoms with Crippen molar-refractivity contribution in [1.82, 2.24) is 19.2 Å². The Labute approximate surface area is 212 Å². The van der Waals surface area contributed by atoms with E-state index in [1.165, 1.54) is 12.1 Å². The molecule has 1 aliphatic heterocycles. The molecule has 0 unspecified atom stereocenters. The van der Waals surface area contributed by atoms with Crippen LogP contribution in [0.4, 0.5) is 20.5 Å². The van der Waals surface area contributed by atoms with Crippen molar-refractivity contribution >= 4 is 44.3 Å². The molecule has 0 atom stereocenters. The van der Waals surface area contributed by atoms with Crippen molar-refractivity contribution in [2.24, 2.45) is 0 Å². The largest absolute Gasteiger partial charge is 0.346 e. The Bertz CT molecular complexity index is 1560. The van der Waals surface area contributed by atoms with Crippen LogP contribution in [0.1, 0.15) is 19.4 Å². The lowest BCUT2D eigenvalue weighted by molar-refractivity contribution is 0.408. The van der Waals surface area contributed by atoms with E-state index in [4.69, 9.17) is 11.6 Å². The summed E-state index contributed by atoms with van der Waals surface area (Å²) in [4.78, 5) is 12.0. The molecular formula is C24H23ClF2N6O2S. The molecule has 0 N–H and O–H groups in total. The molecule has 2 aromatic carbocycles. The lowest BCUT2D eigenvalue weighted by atomic mass is 9.98. The molecule has 5 rings (SSSR count). The predicted molar refractivity (Wildman–Crippen MR) is 134 cm³/mol. The molecule has 1 fully saturated rings. The van der Waals surface area contributed by atoms with Crippen LogP contribution in [0.2, 0.25) is 5.02 Å². The second-order valence-electron chi connectivity index (χ2n) is 9.35. The first-order chi connectivity index (χ1) is 17.0. The molecule has 0 amide bonds. The number of anilines is 2. The van der Waals surface area contributed by atoms with Gasteiger partial charge in [-0.1, -0.05) is 29.3 Å². The van der Waals surface area contributed by atoms with E-state index in [0.29, 0.717) is 36.8 Å². The lowest BCUT2D eigenvalue weighted by Gasteiger charge is -2.47. The second-order valence-corrected chi connectivity index (χ2v) is 11.5. The Morgan fingerprint density at radius 1 is 1.00 bits per heavy atom. The van der Waals surface area contributed by atoms with Crippen LogP contribution in [0.25, 0.3) is 10.9 Å². The van der Waals surface area contributed by atoms with Gasteiger partial charge in [0.05, 0.1) is 38.8 Å². The lowest BCUT2D eigenvalue weighted by Crippen LogP contribution is -2.60. The average Bonchev–Trinajstić information content (AvgIpc) is 3.19. The van der Waals surface area contributed by atoms with Gasteiger partial charge in [-0.2, -0.15) is 12.5 Å². The number of aromatic nitrogens is 4. The van der Waals surface area contributed by atoms with Gasteiger partial charge in [-0.15, -0.1) is 5.10 Å². The fourth-order valence-corrected chi connectivity index (χ4v) is 6.04. The molecule has 3 heterocycles. The number of halogens is 3. The van der Waals surface area contributed by atoms with Crippen LogP contribution in [0.3, 0.4) is 0 Å². The minimum atomic E-state index is -4.14. The molecule has 0 radical (unpaired) electrons. The maximum absolute atomic E-state index is 14.4. The van der Waals surface area contributed by atoms with Crippen molar-refractivity contribution in [2.45, 2.75) is 31.2 Å². The van der Waals surface area contributed by atoms with Gasteiger partial charge >= 0.3 is 0 Å². The molecule has 1 aliphatic rings.